The lowest BCUT2D eigenvalue weighted by Crippen LogP contribution is -2.60. The van der Waals surface area contributed by atoms with Crippen LogP contribution >= 0.6 is 0 Å². The number of aliphatic hydroxyl groups is 4. The zero-order valence-corrected chi connectivity index (χ0v) is 13.1. The molecule has 0 aliphatic carbocycles. The van der Waals surface area contributed by atoms with Gasteiger partial charge in [-0.25, -0.2) is 4.18 Å². The molecule has 1 saturated heterocycles. The Morgan fingerprint density at radius 3 is 2.38 bits per heavy atom. The lowest BCUT2D eigenvalue weighted by molar-refractivity contribution is -0.277. The van der Waals surface area contributed by atoms with Crippen molar-refractivity contribution in [2.45, 2.75) is 37.3 Å². The third kappa shape index (κ3) is 4.62. The molecule has 0 radical (unpaired) electrons. The van der Waals surface area contributed by atoms with Crippen molar-refractivity contribution in [1.82, 2.24) is 0 Å². The molecule has 1 heterocycles. The average molecular weight is 366 g/mol. The molecule has 5 atom stereocenters. The summed E-state index contributed by atoms with van der Waals surface area (Å²) in [4.78, 5) is 0. The summed E-state index contributed by atoms with van der Waals surface area (Å²) in [6.07, 6.45) is -7.31. The van der Waals surface area contributed by atoms with Gasteiger partial charge in [-0.15, -0.1) is 0 Å². The summed E-state index contributed by atoms with van der Waals surface area (Å²) < 4.78 is 44.8. The minimum Gasteiger partial charge on any atom is -0.462 e. The predicted octanol–water partition coefficient (Wildman–Crippen LogP) is -1.82. The van der Waals surface area contributed by atoms with E-state index in [4.69, 9.17) is 19.1 Å². The number of aliphatic hydroxyl groups excluding tert-OH is 4. The van der Waals surface area contributed by atoms with Gasteiger partial charge < -0.3 is 29.9 Å². The highest BCUT2D eigenvalue weighted by molar-refractivity contribution is 7.80. The van der Waals surface area contributed by atoms with E-state index in [1.165, 1.54) is 12.1 Å². The van der Waals surface area contributed by atoms with Gasteiger partial charge in [-0.05, 0) is 6.07 Å². The molecule has 136 valence electrons. The minimum absolute atomic E-state index is 0.0606. The summed E-state index contributed by atoms with van der Waals surface area (Å²) in [5.74, 6) is 0.0606. The minimum atomic E-state index is -4.65. The van der Waals surface area contributed by atoms with Crippen LogP contribution in [0.2, 0.25) is 0 Å². The molecule has 1 aromatic carbocycles. The molecule has 0 bridgehead atoms. The molecule has 5 N–H and O–H groups in total. The van der Waals surface area contributed by atoms with Crippen molar-refractivity contribution in [3.8, 4) is 5.75 Å². The van der Waals surface area contributed by atoms with E-state index in [0.717, 1.165) is 0 Å². The van der Waals surface area contributed by atoms with Gasteiger partial charge in [0.25, 0.3) is 0 Å². The number of benzene rings is 1. The highest BCUT2D eigenvalue weighted by Gasteiger charge is 2.44. The molecule has 10 nitrogen and oxygen atoms in total. The molecule has 1 aromatic rings. The molecule has 0 saturated carbocycles. The summed E-state index contributed by atoms with van der Waals surface area (Å²) >= 11 is 0. The Bertz CT molecular complexity index is 646. The van der Waals surface area contributed by atoms with Crippen LogP contribution in [0.25, 0.3) is 0 Å². The number of hydrogen-bond donors (Lipinski definition) is 5. The van der Waals surface area contributed by atoms with Crippen LogP contribution in [0.5, 0.6) is 5.75 Å². The first-order valence-corrected chi connectivity index (χ1v) is 8.26. The van der Waals surface area contributed by atoms with Gasteiger partial charge in [-0.1, -0.05) is 18.2 Å². The standard InChI is InChI=1S/C13H18O10S/c14-5-9-10(15)11(16)12(17)13(23-9)22-8-4-2-1-3-7(8)6-21-24(18,19)20/h1-4,9-17H,5-6H2,(H,18,19,20). The quantitative estimate of drug-likeness (QED) is 0.362. The van der Waals surface area contributed by atoms with Crippen molar-refractivity contribution in [3.05, 3.63) is 29.8 Å². The highest BCUT2D eigenvalue weighted by Crippen LogP contribution is 2.27. The van der Waals surface area contributed by atoms with Crippen LogP contribution in [-0.4, -0.2) is 70.7 Å². The fraction of sp³-hybridized carbons (Fsp3) is 0.538. The Morgan fingerprint density at radius 1 is 1.08 bits per heavy atom. The van der Waals surface area contributed by atoms with Crippen molar-refractivity contribution in [2.75, 3.05) is 6.61 Å². The second kappa shape index (κ2) is 7.72. The molecule has 1 aliphatic rings. The first-order chi connectivity index (χ1) is 11.2. The summed E-state index contributed by atoms with van der Waals surface area (Å²) in [6.45, 7) is -1.15. The number of ether oxygens (including phenoxy) is 2. The summed E-state index contributed by atoms with van der Waals surface area (Å²) in [6, 6.07) is 5.98. The van der Waals surface area contributed by atoms with Crippen molar-refractivity contribution >= 4 is 10.4 Å². The Morgan fingerprint density at radius 2 is 1.75 bits per heavy atom. The van der Waals surface area contributed by atoms with E-state index in [1.54, 1.807) is 12.1 Å². The molecule has 1 aliphatic heterocycles. The molecule has 2 rings (SSSR count). The van der Waals surface area contributed by atoms with Gasteiger partial charge in [0.15, 0.2) is 0 Å². The number of rotatable bonds is 6. The molecule has 5 unspecified atom stereocenters. The van der Waals surface area contributed by atoms with Gasteiger partial charge >= 0.3 is 10.4 Å². The third-order valence-electron chi connectivity index (χ3n) is 3.43. The predicted molar refractivity (Wildman–Crippen MR) is 77.2 cm³/mol. The molecule has 1 fully saturated rings. The molecule has 24 heavy (non-hydrogen) atoms. The zero-order chi connectivity index (χ0) is 17.9. The van der Waals surface area contributed by atoms with E-state index in [0.29, 0.717) is 0 Å². The number of hydrogen-bond acceptors (Lipinski definition) is 9. The van der Waals surface area contributed by atoms with Gasteiger partial charge in [0.1, 0.15) is 30.2 Å². The van der Waals surface area contributed by atoms with Crippen molar-refractivity contribution < 1.29 is 47.1 Å². The van der Waals surface area contributed by atoms with Gasteiger partial charge in [-0.2, -0.15) is 8.42 Å². The molecule has 0 aromatic heterocycles. The van der Waals surface area contributed by atoms with E-state index >= 15 is 0 Å². The summed E-state index contributed by atoms with van der Waals surface area (Å²) in [5.41, 5.74) is 0.215. The van der Waals surface area contributed by atoms with Gasteiger partial charge in [-0.3, -0.25) is 4.55 Å². The fourth-order valence-electron chi connectivity index (χ4n) is 2.17. The Hall–Kier alpha value is -1.31. The molecule has 0 amide bonds. The lowest BCUT2D eigenvalue weighted by Gasteiger charge is -2.39. The molecular weight excluding hydrogens is 348 g/mol. The van der Waals surface area contributed by atoms with Crippen molar-refractivity contribution in [3.63, 3.8) is 0 Å². The molecule has 0 spiro atoms. The van der Waals surface area contributed by atoms with Crippen LogP contribution in [0.3, 0.4) is 0 Å². The van der Waals surface area contributed by atoms with Crippen LogP contribution in [0, 0.1) is 0 Å². The van der Waals surface area contributed by atoms with Crippen LogP contribution < -0.4 is 4.74 Å². The second-order valence-electron chi connectivity index (χ2n) is 5.11. The highest BCUT2D eigenvalue weighted by atomic mass is 32.3. The lowest BCUT2D eigenvalue weighted by atomic mass is 9.99. The van der Waals surface area contributed by atoms with E-state index < -0.39 is 54.3 Å². The fourth-order valence-corrected chi connectivity index (χ4v) is 2.44. The zero-order valence-electron chi connectivity index (χ0n) is 12.3. The number of para-hydroxylation sites is 1. The van der Waals surface area contributed by atoms with Gasteiger partial charge in [0, 0.05) is 5.56 Å². The van der Waals surface area contributed by atoms with E-state index in [-0.39, 0.29) is 11.3 Å². The molecular formula is C13H18O10S. The van der Waals surface area contributed by atoms with Gasteiger partial charge in [0.05, 0.1) is 13.2 Å². The maximum atomic E-state index is 10.7. The van der Waals surface area contributed by atoms with Crippen molar-refractivity contribution in [1.29, 1.82) is 0 Å². The van der Waals surface area contributed by atoms with Crippen LogP contribution in [0.15, 0.2) is 24.3 Å². The third-order valence-corrected chi connectivity index (χ3v) is 3.84. The topological polar surface area (TPSA) is 163 Å². The van der Waals surface area contributed by atoms with E-state index in [1.807, 2.05) is 0 Å². The molecule has 11 heteroatoms. The Kier molecular flexibility index (Phi) is 6.11. The maximum Gasteiger partial charge on any atom is 0.397 e. The first kappa shape index (κ1) is 19.0. The maximum absolute atomic E-state index is 10.7. The summed E-state index contributed by atoms with van der Waals surface area (Å²) in [5, 5.41) is 38.5. The monoisotopic (exact) mass is 366 g/mol. The normalized spacial score (nSPS) is 31.0. The van der Waals surface area contributed by atoms with E-state index in [2.05, 4.69) is 4.18 Å². The van der Waals surface area contributed by atoms with Crippen molar-refractivity contribution in [2.24, 2.45) is 0 Å². The van der Waals surface area contributed by atoms with Crippen LogP contribution in [0.4, 0.5) is 0 Å². The largest absolute Gasteiger partial charge is 0.462 e. The smallest absolute Gasteiger partial charge is 0.397 e. The van der Waals surface area contributed by atoms with Gasteiger partial charge in [0.2, 0.25) is 6.29 Å². The first-order valence-electron chi connectivity index (χ1n) is 6.90. The second-order valence-corrected chi connectivity index (χ2v) is 6.20. The van der Waals surface area contributed by atoms with Crippen LogP contribution in [0.1, 0.15) is 5.56 Å². The Balaban J connectivity index is 2.15. The average Bonchev–Trinajstić information content (AvgIpc) is 2.53. The Labute approximate surface area is 137 Å². The van der Waals surface area contributed by atoms with Crippen LogP contribution in [-0.2, 0) is 25.9 Å². The summed E-state index contributed by atoms with van der Waals surface area (Å²) in [7, 11) is -4.65. The van der Waals surface area contributed by atoms with E-state index in [9.17, 15) is 23.7 Å². The SMILES string of the molecule is O=S(=O)(O)OCc1ccccc1OC1OC(CO)C(O)C(O)C1O.